The van der Waals surface area contributed by atoms with E-state index in [1.165, 1.54) is 0 Å². The molecular weight excluding hydrogens is 318 g/mol. The van der Waals surface area contributed by atoms with E-state index in [1.54, 1.807) is 11.3 Å². The van der Waals surface area contributed by atoms with Gasteiger partial charge in [0.2, 0.25) is 5.91 Å². The van der Waals surface area contributed by atoms with Gasteiger partial charge in [0.05, 0.1) is 16.8 Å². The molecule has 22 heavy (non-hydrogen) atoms. The van der Waals surface area contributed by atoms with Gasteiger partial charge in [-0.05, 0) is 41.9 Å². The molecule has 118 valence electrons. The third-order valence-electron chi connectivity index (χ3n) is 3.89. The number of carbonyl (C=O) groups is 2. The molecule has 2 N–H and O–H groups in total. The monoisotopic (exact) mass is 337 g/mol. The highest BCUT2D eigenvalue weighted by molar-refractivity contribution is 7.99. The summed E-state index contributed by atoms with van der Waals surface area (Å²) in [5, 5.41) is 7.70. The number of hydrogen-bond acceptors (Lipinski definition) is 4. The Morgan fingerprint density at radius 2 is 2.14 bits per heavy atom. The predicted octanol–water partition coefficient (Wildman–Crippen LogP) is 1.98. The first-order valence-corrected chi connectivity index (χ1v) is 9.37. The van der Waals surface area contributed by atoms with E-state index in [4.69, 9.17) is 0 Å². The lowest BCUT2D eigenvalue weighted by Gasteiger charge is -2.22. The summed E-state index contributed by atoms with van der Waals surface area (Å²) >= 11 is 3.53. The van der Waals surface area contributed by atoms with Gasteiger partial charge in [0, 0.05) is 13.1 Å². The normalized spacial score (nSPS) is 15.9. The number of aromatic nitrogens is 1. The second-order valence-electron chi connectivity index (χ2n) is 5.40. The van der Waals surface area contributed by atoms with Crippen LogP contribution in [-0.2, 0) is 11.8 Å². The quantitative estimate of drug-likeness (QED) is 0.897. The van der Waals surface area contributed by atoms with Gasteiger partial charge in [0.1, 0.15) is 5.69 Å². The van der Waals surface area contributed by atoms with Crippen LogP contribution in [0.2, 0.25) is 0 Å². The Kier molecular flexibility index (Phi) is 4.73. The highest BCUT2D eigenvalue weighted by Crippen LogP contribution is 2.24. The SMILES string of the molecule is Cn1c(C(=O)NCC(=O)NC2CCSCC2)cc2sccc21. The Balaban J connectivity index is 1.54. The summed E-state index contributed by atoms with van der Waals surface area (Å²) in [6.45, 7) is 0.0291. The molecule has 2 amide bonds. The molecule has 0 saturated carbocycles. The van der Waals surface area contributed by atoms with Crippen LogP contribution >= 0.6 is 23.1 Å². The first kappa shape index (κ1) is 15.4. The largest absolute Gasteiger partial charge is 0.352 e. The van der Waals surface area contributed by atoms with E-state index in [9.17, 15) is 9.59 Å². The van der Waals surface area contributed by atoms with Gasteiger partial charge in [0.15, 0.2) is 0 Å². The van der Waals surface area contributed by atoms with Crippen molar-refractivity contribution in [2.24, 2.45) is 7.05 Å². The minimum atomic E-state index is -0.208. The van der Waals surface area contributed by atoms with Crippen molar-refractivity contribution in [1.29, 1.82) is 0 Å². The van der Waals surface area contributed by atoms with Crippen molar-refractivity contribution in [3.8, 4) is 0 Å². The second kappa shape index (κ2) is 6.75. The van der Waals surface area contributed by atoms with E-state index in [1.807, 2.05) is 40.9 Å². The van der Waals surface area contributed by atoms with E-state index in [-0.39, 0.29) is 24.4 Å². The smallest absolute Gasteiger partial charge is 0.268 e. The number of nitrogens with one attached hydrogen (secondary N) is 2. The third kappa shape index (κ3) is 3.30. The predicted molar refractivity (Wildman–Crippen MR) is 91.6 cm³/mol. The van der Waals surface area contributed by atoms with Gasteiger partial charge in [-0.3, -0.25) is 9.59 Å². The van der Waals surface area contributed by atoms with Crippen LogP contribution in [0.4, 0.5) is 0 Å². The molecule has 5 nitrogen and oxygen atoms in total. The third-order valence-corrected chi connectivity index (χ3v) is 5.79. The zero-order valence-corrected chi connectivity index (χ0v) is 14.1. The molecule has 7 heteroatoms. The molecular formula is C15H19N3O2S2. The Bertz CT molecular complexity index is 686. The lowest BCUT2D eigenvalue weighted by molar-refractivity contribution is -0.120. The maximum Gasteiger partial charge on any atom is 0.268 e. The minimum Gasteiger partial charge on any atom is -0.352 e. The minimum absolute atomic E-state index is 0.0291. The van der Waals surface area contributed by atoms with Crippen molar-refractivity contribution in [2.45, 2.75) is 18.9 Å². The van der Waals surface area contributed by atoms with E-state index in [2.05, 4.69) is 10.6 Å². The molecule has 0 radical (unpaired) electrons. The van der Waals surface area contributed by atoms with Gasteiger partial charge in [-0.25, -0.2) is 0 Å². The van der Waals surface area contributed by atoms with Crippen LogP contribution in [0.3, 0.4) is 0 Å². The zero-order chi connectivity index (χ0) is 15.5. The Labute approximate surface area is 137 Å². The van der Waals surface area contributed by atoms with Crippen molar-refractivity contribution in [2.75, 3.05) is 18.1 Å². The van der Waals surface area contributed by atoms with Crippen LogP contribution in [0.1, 0.15) is 23.3 Å². The number of thioether (sulfide) groups is 1. The number of thiophene rings is 1. The summed E-state index contributed by atoms with van der Waals surface area (Å²) in [5.74, 6) is 1.87. The Morgan fingerprint density at radius 3 is 2.86 bits per heavy atom. The molecule has 0 unspecified atom stereocenters. The molecule has 0 spiro atoms. The molecule has 0 aromatic carbocycles. The molecule has 2 aromatic heterocycles. The van der Waals surface area contributed by atoms with Gasteiger partial charge in [-0.15, -0.1) is 11.3 Å². The maximum atomic E-state index is 12.2. The van der Waals surface area contributed by atoms with E-state index in [0.717, 1.165) is 34.6 Å². The topological polar surface area (TPSA) is 63.1 Å². The average molecular weight is 337 g/mol. The number of hydrogen-bond donors (Lipinski definition) is 2. The van der Waals surface area contributed by atoms with E-state index < -0.39 is 0 Å². The average Bonchev–Trinajstić information content (AvgIpc) is 3.09. The number of carbonyl (C=O) groups excluding carboxylic acids is 2. The summed E-state index contributed by atoms with van der Waals surface area (Å²) in [5.41, 5.74) is 1.63. The molecule has 0 aliphatic carbocycles. The fourth-order valence-corrected chi connectivity index (χ4v) is 4.60. The Hall–Kier alpha value is -1.47. The summed E-state index contributed by atoms with van der Waals surface area (Å²) in [4.78, 5) is 24.1. The standard InChI is InChI=1S/C15H19N3O2S2/c1-18-11-4-7-22-13(11)8-12(18)15(20)16-9-14(19)17-10-2-5-21-6-3-10/h4,7-8,10H,2-3,5-6,9H2,1H3,(H,16,20)(H,17,19). The molecule has 0 atom stereocenters. The van der Waals surface area contributed by atoms with Crippen molar-refractivity contribution in [3.63, 3.8) is 0 Å². The summed E-state index contributed by atoms with van der Waals surface area (Å²) in [6.07, 6.45) is 2.02. The lowest BCUT2D eigenvalue weighted by atomic mass is 10.1. The number of fused-ring (bicyclic) bond motifs is 1. The first-order valence-electron chi connectivity index (χ1n) is 7.33. The lowest BCUT2D eigenvalue weighted by Crippen LogP contribution is -2.43. The van der Waals surface area contributed by atoms with Gasteiger partial charge in [-0.2, -0.15) is 11.8 Å². The first-order chi connectivity index (χ1) is 10.6. The molecule has 0 bridgehead atoms. The number of rotatable bonds is 4. The summed E-state index contributed by atoms with van der Waals surface area (Å²) in [6, 6.07) is 4.11. The molecule has 3 heterocycles. The molecule has 2 aromatic rings. The number of nitrogens with zero attached hydrogens (tertiary/aromatic N) is 1. The fourth-order valence-electron chi connectivity index (χ4n) is 2.64. The highest BCUT2D eigenvalue weighted by Gasteiger charge is 2.18. The molecule has 1 fully saturated rings. The highest BCUT2D eigenvalue weighted by atomic mass is 32.2. The van der Waals surface area contributed by atoms with E-state index in [0.29, 0.717) is 5.69 Å². The van der Waals surface area contributed by atoms with Crippen molar-refractivity contribution in [3.05, 3.63) is 23.2 Å². The zero-order valence-electron chi connectivity index (χ0n) is 12.4. The van der Waals surface area contributed by atoms with Crippen molar-refractivity contribution < 1.29 is 9.59 Å². The maximum absolute atomic E-state index is 12.2. The van der Waals surface area contributed by atoms with Crippen molar-refractivity contribution in [1.82, 2.24) is 15.2 Å². The van der Waals surface area contributed by atoms with Gasteiger partial charge in [0.25, 0.3) is 5.91 Å². The van der Waals surface area contributed by atoms with Crippen LogP contribution in [-0.4, -0.2) is 40.5 Å². The Morgan fingerprint density at radius 1 is 1.36 bits per heavy atom. The van der Waals surface area contributed by atoms with Crippen molar-refractivity contribution >= 4 is 45.1 Å². The molecule has 1 aliphatic rings. The van der Waals surface area contributed by atoms with Crippen LogP contribution in [0.25, 0.3) is 10.2 Å². The fraction of sp³-hybridized carbons (Fsp3) is 0.467. The molecule has 1 saturated heterocycles. The molecule has 3 rings (SSSR count). The second-order valence-corrected chi connectivity index (χ2v) is 7.57. The van der Waals surface area contributed by atoms with Crippen LogP contribution in [0.5, 0.6) is 0 Å². The molecule has 1 aliphatic heterocycles. The number of amides is 2. The van der Waals surface area contributed by atoms with E-state index >= 15 is 0 Å². The van der Waals surface area contributed by atoms with Gasteiger partial charge in [-0.1, -0.05) is 0 Å². The van der Waals surface area contributed by atoms with Crippen LogP contribution in [0, 0.1) is 0 Å². The van der Waals surface area contributed by atoms with Gasteiger partial charge < -0.3 is 15.2 Å². The van der Waals surface area contributed by atoms with Crippen LogP contribution < -0.4 is 10.6 Å². The van der Waals surface area contributed by atoms with Gasteiger partial charge >= 0.3 is 0 Å². The summed E-state index contributed by atoms with van der Waals surface area (Å²) < 4.78 is 2.94. The summed E-state index contributed by atoms with van der Waals surface area (Å²) in [7, 11) is 1.86. The van der Waals surface area contributed by atoms with Crippen LogP contribution in [0.15, 0.2) is 17.5 Å². The number of aryl methyl sites for hydroxylation is 1.